The van der Waals surface area contributed by atoms with Crippen LogP contribution in [0.1, 0.15) is 36.6 Å². The highest BCUT2D eigenvalue weighted by Crippen LogP contribution is 2.30. The van der Waals surface area contributed by atoms with E-state index in [4.69, 9.17) is 10.7 Å². The second-order valence-electron chi connectivity index (χ2n) is 5.26. The number of rotatable bonds is 4. The summed E-state index contributed by atoms with van der Waals surface area (Å²) in [6.07, 6.45) is 4.57. The number of pyridine rings is 1. The quantitative estimate of drug-likeness (QED) is 0.826. The van der Waals surface area contributed by atoms with Gasteiger partial charge in [0.05, 0.1) is 5.52 Å². The van der Waals surface area contributed by atoms with Crippen molar-refractivity contribution >= 4 is 10.9 Å². The van der Waals surface area contributed by atoms with E-state index in [1.54, 1.807) is 0 Å². The van der Waals surface area contributed by atoms with Crippen LogP contribution in [-0.2, 0) is 6.42 Å². The minimum Gasteiger partial charge on any atom is -0.330 e. The second kappa shape index (κ2) is 5.68. The zero-order valence-corrected chi connectivity index (χ0v) is 11.2. The molecule has 1 aromatic carbocycles. The predicted molar refractivity (Wildman–Crippen MR) is 79.1 cm³/mol. The second-order valence-corrected chi connectivity index (χ2v) is 5.26. The number of nitrogens with one attached hydrogen (secondary N) is 1. The van der Waals surface area contributed by atoms with Gasteiger partial charge in [-0.15, -0.1) is 0 Å². The molecule has 1 heterocycles. The van der Waals surface area contributed by atoms with E-state index in [9.17, 15) is 0 Å². The summed E-state index contributed by atoms with van der Waals surface area (Å²) in [6, 6.07) is 11.1. The van der Waals surface area contributed by atoms with Crippen LogP contribution in [-0.4, -0.2) is 18.1 Å². The van der Waals surface area contributed by atoms with Crippen LogP contribution in [0.5, 0.6) is 0 Å². The highest BCUT2D eigenvalue weighted by Gasteiger charge is 2.21. The number of hydrogen-bond acceptors (Lipinski definition) is 3. The van der Waals surface area contributed by atoms with E-state index in [0.717, 1.165) is 31.4 Å². The van der Waals surface area contributed by atoms with Crippen molar-refractivity contribution in [1.29, 1.82) is 0 Å². The summed E-state index contributed by atoms with van der Waals surface area (Å²) in [5.74, 6) is 0. The lowest BCUT2D eigenvalue weighted by Crippen LogP contribution is -2.27. The Labute approximate surface area is 114 Å². The van der Waals surface area contributed by atoms with E-state index in [1.807, 2.05) is 0 Å². The first kappa shape index (κ1) is 12.6. The third-order valence-electron chi connectivity index (χ3n) is 3.89. The summed E-state index contributed by atoms with van der Waals surface area (Å²) in [5, 5.41) is 4.87. The lowest BCUT2D eigenvalue weighted by Gasteiger charge is -2.26. The molecule has 0 spiro atoms. The molecule has 0 saturated carbocycles. The fourth-order valence-electron chi connectivity index (χ4n) is 2.89. The van der Waals surface area contributed by atoms with Crippen LogP contribution in [0.4, 0.5) is 0 Å². The minimum atomic E-state index is 0.451. The van der Waals surface area contributed by atoms with E-state index < -0.39 is 0 Å². The van der Waals surface area contributed by atoms with Gasteiger partial charge in [0.25, 0.3) is 0 Å². The topological polar surface area (TPSA) is 50.9 Å². The Morgan fingerprint density at radius 2 is 2.21 bits per heavy atom. The molecule has 3 N–H and O–H groups in total. The number of nitrogens with zero attached hydrogens (tertiary/aromatic N) is 1. The highest BCUT2D eigenvalue weighted by atomic mass is 14.9. The molecule has 0 bridgehead atoms. The van der Waals surface area contributed by atoms with Gasteiger partial charge in [0.2, 0.25) is 0 Å². The lowest BCUT2D eigenvalue weighted by atomic mass is 9.90. The van der Waals surface area contributed by atoms with Crippen LogP contribution >= 0.6 is 0 Å². The van der Waals surface area contributed by atoms with Crippen molar-refractivity contribution in [2.24, 2.45) is 5.73 Å². The normalized spacial score (nSPS) is 18.5. The van der Waals surface area contributed by atoms with Crippen molar-refractivity contribution < 1.29 is 0 Å². The minimum absolute atomic E-state index is 0.451. The zero-order chi connectivity index (χ0) is 13.1. The van der Waals surface area contributed by atoms with Gasteiger partial charge >= 0.3 is 0 Å². The first-order valence-electron chi connectivity index (χ1n) is 7.20. The van der Waals surface area contributed by atoms with Crippen LogP contribution in [0.25, 0.3) is 10.9 Å². The van der Waals surface area contributed by atoms with Gasteiger partial charge in [0.15, 0.2) is 0 Å². The summed E-state index contributed by atoms with van der Waals surface area (Å²) < 4.78 is 0. The maximum atomic E-state index is 5.56. The predicted octanol–water partition coefficient (Wildman–Crippen LogP) is 2.55. The molecule has 19 heavy (non-hydrogen) atoms. The molecule has 1 aliphatic carbocycles. The smallest absolute Gasteiger partial charge is 0.0705 e. The number of nitrogens with two attached hydrogens (primary N) is 1. The maximum absolute atomic E-state index is 5.56. The number of benzene rings is 1. The first-order valence-corrected chi connectivity index (χ1v) is 7.20. The van der Waals surface area contributed by atoms with Gasteiger partial charge in [-0.1, -0.05) is 18.2 Å². The molecule has 1 atom stereocenters. The number of aryl methyl sites for hydroxylation is 1. The number of para-hydroxylation sites is 1. The molecule has 2 aromatic rings. The molecule has 3 heteroatoms. The van der Waals surface area contributed by atoms with Crippen molar-refractivity contribution in [2.45, 2.75) is 31.7 Å². The van der Waals surface area contributed by atoms with Crippen molar-refractivity contribution in [3.63, 3.8) is 0 Å². The van der Waals surface area contributed by atoms with Crippen LogP contribution in [0.2, 0.25) is 0 Å². The first-order chi connectivity index (χ1) is 9.38. The van der Waals surface area contributed by atoms with Crippen molar-refractivity contribution in [3.05, 3.63) is 41.6 Å². The Kier molecular flexibility index (Phi) is 3.76. The molecule has 3 nitrogen and oxygen atoms in total. The van der Waals surface area contributed by atoms with Gasteiger partial charge in [0, 0.05) is 17.1 Å². The molecule has 1 unspecified atom stereocenters. The molecule has 0 saturated heterocycles. The Bertz CT molecular complexity index is 565. The van der Waals surface area contributed by atoms with Crippen molar-refractivity contribution in [3.8, 4) is 0 Å². The number of aromatic nitrogens is 1. The molecule has 0 aliphatic heterocycles. The molecule has 0 fully saturated rings. The fourth-order valence-corrected chi connectivity index (χ4v) is 2.89. The Morgan fingerprint density at radius 3 is 3.11 bits per heavy atom. The summed E-state index contributed by atoms with van der Waals surface area (Å²) in [5.41, 5.74) is 9.34. The van der Waals surface area contributed by atoms with Crippen LogP contribution in [0.3, 0.4) is 0 Å². The van der Waals surface area contributed by atoms with E-state index in [1.165, 1.54) is 29.5 Å². The van der Waals surface area contributed by atoms with Crippen LogP contribution < -0.4 is 11.1 Å². The molecule has 0 radical (unpaired) electrons. The van der Waals surface area contributed by atoms with E-state index in [0.29, 0.717) is 6.04 Å². The average Bonchev–Trinajstić information content (AvgIpc) is 2.46. The molecule has 0 amide bonds. The molecule has 1 aromatic heterocycles. The van der Waals surface area contributed by atoms with Gasteiger partial charge in [0.1, 0.15) is 0 Å². The molecule has 1 aliphatic rings. The summed E-state index contributed by atoms with van der Waals surface area (Å²) >= 11 is 0. The van der Waals surface area contributed by atoms with E-state index in [2.05, 4.69) is 35.6 Å². The Morgan fingerprint density at radius 1 is 1.32 bits per heavy atom. The van der Waals surface area contributed by atoms with Crippen LogP contribution in [0, 0.1) is 0 Å². The van der Waals surface area contributed by atoms with Gasteiger partial charge in [-0.25, -0.2) is 0 Å². The zero-order valence-electron chi connectivity index (χ0n) is 11.2. The van der Waals surface area contributed by atoms with Gasteiger partial charge in [-0.2, -0.15) is 0 Å². The third-order valence-corrected chi connectivity index (χ3v) is 3.89. The largest absolute Gasteiger partial charge is 0.330 e. The average molecular weight is 255 g/mol. The Hall–Kier alpha value is -1.45. The van der Waals surface area contributed by atoms with Gasteiger partial charge in [-0.05, 0) is 56.5 Å². The summed E-state index contributed by atoms with van der Waals surface area (Å²) in [4.78, 5) is 4.83. The number of fused-ring (bicyclic) bond motifs is 2. The fraction of sp³-hybridized carbons (Fsp3) is 0.438. The van der Waals surface area contributed by atoms with Gasteiger partial charge in [-0.3, -0.25) is 4.98 Å². The highest BCUT2D eigenvalue weighted by molar-refractivity contribution is 5.79. The SMILES string of the molecule is NCCCNC1CCCc2nc3ccccc3cc21. The van der Waals surface area contributed by atoms with Crippen LogP contribution in [0.15, 0.2) is 30.3 Å². The number of hydrogen-bond donors (Lipinski definition) is 2. The van der Waals surface area contributed by atoms with Crippen molar-refractivity contribution in [2.75, 3.05) is 13.1 Å². The van der Waals surface area contributed by atoms with Gasteiger partial charge < -0.3 is 11.1 Å². The maximum Gasteiger partial charge on any atom is 0.0705 e. The Balaban J connectivity index is 1.91. The van der Waals surface area contributed by atoms with E-state index >= 15 is 0 Å². The third kappa shape index (κ3) is 2.62. The molecule has 3 rings (SSSR count). The van der Waals surface area contributed by atoms with Crippen molar-refractivity contribution in [1.82, 2.24) is 10.3 Å². The molecular formula is C16H21N3. The standard InChI is InChI=1S/C16H21N3/c17-9-4-10-18-15-7-3-8-16-13(15)11-12-5-1-2-6-14(12)19-16/h1-2,5-6,11,15,18H,3-4,7-10,17H2. The molecule has 100 valence electrons. The molecular weight excluding hydrogens is 234 g/mol. The monoisotopic (exact) mass is 255 g/mol. The lowest BCUT2D eigenvalue weighted by molar-refractivity contribution is 0.453. The van der Waals surface area contributed by atoms with E-state index in [-0.39, 0.29) is 0 Å². The summed E-state index contributed by atoms with van der Waals surface area (Å²) in [6.45, 7) is 1.75. The summed E-state index contributed by atoms with van der Waals surface area (Å²) in [7, 11) is 0.